The van der Waals surface area contributed by atoms with E-state index in [1.807, 2.05) is 18.7 Å². The molecule has 1 aromatic carbocycles. The molecule has 2 aromatic rings. The Morgan fingerprint density at radius 1 is 1.20 bits per heavy atom. The molecule has 0 spiro atoms. The number of rotatable bonds is 4. The van der Waals surface area contributed by atoms with E-state index >= 15 is 0 Å². The molecular weight excluding hydrogens is 321 g/mol. The van der Waals surface area contributed by atoms with E-state index in [1.165, 1.54) is 12.1 Å². The minimum Gasteiger partial charge on any atom is -0.445 e. The van der Waals surface area contributed by atoms with E-state index in [9.17, 15) is 9.18 Å². The average Bonchev–Trinajstić information content (AvgIpc) is 2.99. The van der Waals surface area contributed by atoms with E-state index in [-0.39, 0.29) is 17.6 Å². The van der Waals surface area contributed by atoms with Crippen molar-refractivity contribution in [3.8, 4) is 0 Å². The lowest BCUT2D eigenvalue weighted by Crippen LogP contribution is -2.48. The number of amides is 1. The number of aryl methyl sites for hydroxylation is 1. The summed E-state index contributed by atoms with van der Waals surface area (Å²) in [6, 6.07) is 6.57. The zero-order valence-electron chi connectivity index (χ0n) is 15.0. The van der Waals surface area contributed by atoms with Crippen LogP contribution in [0.4, 0.5) is 4.39 Å². The monoisotopic (exact) mass is 345 g/mol. The van der Waals surface area contributed by atoms with Crippen molar-refractivity contribution in [1.29, 1.82) is 0 Å². The third kappa shape index (κ3) is 4.07. The van der Waals surface area contributed by atoms with Crippen LogP contribution >= 0.6 is 0 Å². The van der Waals surface area contributed by atoms with Gasteiger partial charge in [-0.15, -0.1) is 0 Å². The Kier molecular flexibility index (Phi) is 5.18. The molecule has 0 radical (unpaired) electrons. The van der Waals surface area contributed by atoms with Gasteiger partial charge in [0.1, 0.15) is 11.6 Å². The second kappa shape index (κ2) is 7.35. The van der Waals surface area contributed by atoms with Crippen LogP contribution in [0.2, 0.25) is 0 Å². The summed E-state index contributed by atoms with van der Waals surface area (Å²) in [6.45, 7) is 9.43. The Morgan fingerprint density at radius 3 is 2.40 bits per heavy atom. The molecule has 1 amide bonds. The maximum Gasteiger partial charge on any atom is 0.276 e. The fourth-order valence-corrected chi connectivity index (χ4v) is 2.97. The van der Waals surface area contributed by atoms with Gasteiger partial charge in [-0.25, -0.2) is 9.37 Å². The van der Waals surface area contributed by atoms with Crippen molar-refractivity contribution in [2.75, 3.05) is 26.2 Å². The number of hydrogen-bond donors (Lipinski definition) is 0. The number of nitrogens with zero attached hydrogens (tertiary/aromatic N) is 3. The van der Waals surface area contributed by atoms with E-state index < -0.39 is 0 Å². The van der Waals surface area contributed by atoms with Crippen molar-refractivity contribution in [2.24, 2.45) is 0 Å². The first-order valence-electron chi connectivity index (χ1n) is 8.67. The van der Waals surface area contributed by atoms with E-state index in [0.29, 0.717) is 30.4 Å². The minimum absolute atomic E-state index is 0.0606. The molecule has 0 bridgehead atoms. The minimum atomic E-state index is -0.220. The van der Waals surface area contributed by atoms with Crippen LogP contribution in [0, 0.1) is 12.7 Å². The van der Waals surface area contributed by atoms with Gasteiger partial charge < -0.3 is 9.32 Å². The quantitative estimate of drug-likeness (QED) is 0.854. The molecule has 3 rings (SSSR count). The van der Waals surface area contributed by atoms with E-state index in [1.54, 1.807) is 19.1 Å². The second-order valence-corrected chi connectivity index (χ2v) is 6.81. The molecule has 1 aromatic heterocycles. The molecule has 0 saturated carbocycles. The highest BCUT2D eigenvalue weighted by atomic mass is 19.1. The van der Waals surface area contributed by atoms with Gasteiger partial charge in [0.15, 0.2) is 11.6 Å². The summed E-state index contributed by atoms with van der Waals surface area (Å²) >= 11 is 0. The van der Waals surface area contributed by atoms with Crippen molar-refractivity contribution in [2.45, 2.75) is 33.2 Å². The van der Waals surface area contributed by atoms with Crippen LogP contribution in [-0.4, -0.2) is 46.9 Å². The predicted octanol–water partition coefficient (Wildman–Crippen LogP) is 3.20. The second-order valence-electron chi connectivity index (χ2n) is 6.81. The molecule has 6 heteroatoms. The van der Waals surface area contributed by atoms with Crippen molar-refractivity contribution in [3.63, 3.8) is 0 Å². The van der Waals surface area contributed by atoms with Crippen LogP contribution < -0.4 is 0 Å². The van der Waals surface area contributed by atoms with Gasteiger partial charge in [0.25, 0.3) is 5.91 Å². The standard InChI is InChI=1S/C19H24FN3O2/c1-13(2)18-21-17(14(3)25-18)19(24)23-10-8-22(9-11-23)12-15-4-6-16(20)7-5-15/h4-7,13H,8-12H2,1-3H3. The average molecular weight is 345 g/mol. The fraction of sp³-hybridized carbons (Fsp3) is 0.474. The summed E-state index contributed by atoms with van der Waals surface area (Å²) in [7, 11) is 0. The van der Waals surface area contributed by atoms with Gasteiger partial charge in [-0.2, -0.15) is 0 Å². The van der Waals surface area contributed by atoms with Crippen LogP contribution in [0.25, 0.3) is 0 Å². The molecule has 134 valence electrons. The maximum atomic E-state index is 13.0. The van der Waals surface area contributed by atoms with Gasteiger partial charge >= 0.3 is 0 Å². The lowest BCUT2D eigenvalue weighted by molar-refractivity contribution is 0.0621. The molecular formula is C19H24FN3O2. The summed E-state index contributed by atoms with van der Waals surface area (Å²) < 4.78 is 18.6. The number of hydrogen-bond acceptors (Lipinski definition) is 4. The van der Waals surface area contributed by atoms with Crippen LogP contribution in [0.3, 0.4) is 0 Å². The van der Waals surface area contributed by atoms with Gasteiger partial charge in [0, 0.05) is 38.6 Å². The van der Waals surface area contributed by atoms with Crippen LogP contribution in [0.1, 0.15) is 47.5 Å². The SMILES string of the molecule is Cc1oc(C(C)C)nc1C(=O)N1CCN(Cc2ccc(F)cc2)CC1. The van der Waals surface area contributed by atoms with Crippen LogP contribution in [0.5, 0.6) is 0 Å². The number of piperazine rings is 1. The molecule has 1 fully saturated rings. The maximum absolute atomic E-state index is 13.0. The van der Waals surface area contributed by atoms with Gasteiger partial charge in [-0.3, -0.25) is 9.69 Å². The lowest BCUT2D eigenvalue weighted by Gasteiger charge is -2.34. The molecule has 0 N–H and O–H groups in total. The number of carbonyl (C=O) groups excluding carboxylic acids is 1. The highest BCUT2D eigenvalue weighted by Gasteiger charge is 2.26. The number of oxazole rings is 1. The van der Waals surface area contributed by atoms with Crippen molar-refractivity contribution in [3.05, 3.63) is 53.0 Å². The summed E-state index contributed by atoms with van der Waals surface area (Å²) in [5.41, 5.74) is 1.51. The topological polar surface area (TPSA) is 49.6 Å². The summed E-state index contributed by atoms with van der Waals surface area (Å²) in [5.74, 6) is 1.07. The first-order chi connectivity index (χ1) is 11.9. The van der Waals surface area contributed by atoms with E-state index in [2.05, 4.69) is 9.88 Å². The number of benzene rings is 1. The smallest absolute Gasteiger partial charge is 0.276 e. The van der Waals surface area contributed by atoms with Gasteiger partial charge in [0.2, 0.25) is 0 Å². The Labute approximate surface area is 147 Å². The molecule has 25 heavy (non-hydrogen) atoms. The predicted molar refractivity (Wildman–Crippen MR) is 92.9 cm³/mol. The lowest BCUT2D eigenvalue weighted by atomic mass is 10.2. The first kappa shape index (κ1) is 17.6. The first-order valence-corrected chi connectivity index (χ1v) is 8.67. The molecule has 0 unspecified atom stereocenters. The Hall–Kier alpha value is -2.21. The highest BCUT2D eigenvalue weighted by molar-refractivity contribution is 5.93. The number of halogens is 1. The molecule has 1 aliphatic heterocycles. The molecule has 0 aliphatic carbocycles. The molecule has 1 saturated heterocycles. The number of carbonyl (C=O) groups is 1. The fourth-order valence-electron chi connectivity index (χ4n) is 2.97. The van der Waals surface area contributed by atoms with Crippen LogP contribution in [-0.2, 0) is 6.54 Å². The summed E-state index contributed by atoms with van der Waals surface area (Å²) in [6.07, 6.45) is 0. The molecule has 0 atom stereocenters. The number of aromatic nitrogens is 1. The van der Waals surface area contributed by atoms with E-state index in [4.69, 9.17) is 4.42 Å². The zero-order chi connectivity index (χ0) is 18.0. The summed E-state index contributed by atoms with van der Waals surface area (Å²) in [4.78, 5) is 21.2. The molecule has 5 nitrogen and oxygen atoms in total. The van der Waals surface area contributed by atoms with Gasteiger partial charge in [-0.1, -0.05) is 26.0 Å². The summed E-state index contributed by atoms with van der Waals surface area (Å²) in [5, 5.41) is 0. The Bertz CT molecular complexity index is 732. The van der Waals surface area contributed by atoms with E-state index in [0.717, 1.165) is 25.2 Å². The third-order valence-corrected chi connectivity index (χ3v) is 4.49. The van der Waals surface area contributed by atoms with Crippen molar-refractivity contribution < 1.29 is 13.6 Å². The largest absolute Gasteiger partial charge is 0.445 e. The highest BCUT2D eigenvalue weighted by Crippen LogP contribution is 2.20. The Morgan fingerprint density at radius 2 is 1.84 bits per heavy atom. The van der Waals surface area contributed by atoms with Crippen molar-refractivity contribution >= 4 is 5.91 Å². The van der Waals surface area contributed by atoms with Gasteiger partial charge in [0.05, 0.1) is 0 Å². The normalized spacial score (nSPS) is 15.8. The third-order valence-electron chi connectivity index (χ3n) is 4.49. The molecule has 1 aliphatic rings. The Balaban J connectivity index is 1.58. The van der Waals surface area contributed by atoms with Crippen LogP contribution in [0.15, 0.2) is 28.7 Å². The van der Waals surface area contributed by atoms with Crippen molar-refractivity contribution in [1.82, 2.24) is 14.8 Å². The zero-order valence-corrected chi connectivity index (χ0v) is 15.0. The molecule has 2 heterocycles. The van der Waals surface area contributed by atoms with Gasteiger partial charge in [-0.05, 0) is 24.6 Å².